The summed E-state index contributed by atoms with van der Waals surface area (Å²) in [5.41, 5.74) is 4.25. The maximum Gasteiger partial charge on any atom is 0.274 e. The number of aromatic nitrogens is 1. The summed E-state index contributed by atoms with van der Waals surface area (Å²) >= 11 is 3.46. The van der Waals surface area contributed by atoms with Crippen LogP contribution in [0.25, 0.3) is 11.1 Å². The zero-order valence-electron chi connectivity index (χ0n) is 14.6. The van der Waals surface area contributed by atoms with Gasteiger partial charge in [0.15, 0.2) is 5.78 Å². The molecule has 0 radical (unpaired) electrons. The summed E-state index contributed by atoms with van der Waals surface area (Å²) < 4.78 is 3.18. The zero-order chi connectivity index (χ0) is 18.1. The third kappa shape index (κ3) is 3.42. The molecule has 1 unspecified atom stereocenters. The first-order valence-electron chi connectivity index (χ1n) is 8.74. The number of nitrogens with zero attached hydrogens (tertiary/aromatic N) is 1. The van der Waals surface area contributed by atoms with Gasteiger partial charge in [0.2, 0.25) is 0 Å². The van der Waals surface area contributed by atoms with Crippen LogP contribution in [0.15, 0.2) is 71.3 Å². The number of Topliss-reactive ketones (excluding diaryl/α,β-unsaturated/α-hetero) is 1. The lowest BCUT2D eigenvalue weighted by Crippen LogP contribution is -2.49. The summed E-state index contributed by atoms with van der Waals surface area (Å²) in [6.45, 7) is 3.47. The maximum atomic E-state index is 12.9. The first kappa shape index (κ1) is 17.0. The summed E-state index contributed by atoms with van der Waals surface area (Å²) in [4.78, 5) is 12.9. The van der Waals surface area contributed by atoms with E-state index in [0.29, 0.717) is 6.54 Å². The second kappa shape index (κ2) is 7.04. The number of carbonyl (C=O) groups excluding carboxylic acids is 1. The molecule has 4 heteroatoms. The van der Waals surface area contributed by atoms with E-state index in [1.807, 2.05) is 42.6 Å². The molecule has 2 heterocycles. The minimum Gasteiger partial charge on any atom is -0.294 e. The molecule has 0 amide bonds. The van der Waals surface area contributed by atoms with Gasteiger partial charge in [-0.3, -0.25) is 10.1 Å². The molecule has 1 N–H and O–H groups in total. The Morgan fingerprint density at radius 2 is 1.69 bits per heavy atom. The molecular weight excluding hydrogens is 388 g/mol. The van der Waals surface area contributed by atoms with Crippen molar-refractivity contribution >= 4 is 27.5 Å². The van der Waals surface area contributed by atoms with Gasteiger partial charge in [0.1, 0.15) is 6.54 Å². The Balaban J connectivity index is 1.52. The molecule has 1 aliphatic heterocycles. The monoisotopic (exact) mass is 407 g/mol. The third-order valence-corrected chi connectivity index (χ3v) is 5.38. The summed E-state index contributed by atoms with van der Waals surface area (Å²) in [6, 6.07) is 20.3. The number of fused-ring (bicyclic) bond motifs is 1. The molecule has 26 heavy (non-hydrogen) atoms. The van der Waals surface area contributed by atoms with Gasteiger partial charge in [0.25, 0.3) is 5.82 Å². The molecule has 0 saturated heterocycles. The number of benzene rings is 2. The molecule has 0 bridgehead atoms. The molecule has 0 fully saturated rings. The highest BCUT2D eigenvalue weighted by atomic mass is 79.9. The number of rotatable bonds is 3. The van der Waals surface area contributed by atoms with Crippen molar-refractivity contribution in [3.8, 4) is 11.1 Å². The molecule has 1 atom stereocenters. The average molecular weight is 408 g/mol. The number of halogens is 1. The Morgan fingerprint density at radius 1 is 1.04 bits per heavy atom. The van der Waals surface area contributed by atoms with Crippen LogP contribution in [0.2, 0.25) is 0 Å². The van der Waals surface area contributed by atoms with Crippen LogP contribution in [0.5, 0.6) is 0 Å². The Morgan fingerprint density at radius 3 is 2.38 bits per heavy atom. The van der Waals surface area contributed by atoms with Crippen molar-refractivity contribution in [1.29, 1.82) is 0 Å². The Labute approximate surface area is 161 Å². The molecular formula is C22H20BrN2O+. The number of anilines is 1. The van der Waals surface area contributed by atoms with Crippen molar-refractivity contribution in [3.05, 3.63) is 82.5 Å². The van der Waals surface area contributed by atoms with Crippen LogP contribution < -0.4 is 9.88 Å². The standard InChI is InChI=1S/C22H19BrN2O/c1-15-10-11-25-14-19(13-24-21(25)12-15)22(26)18-4-2-16(3-5-18)17-6-8-20(23)9-7-17/h2-12,19H,13-14H2,1H3/p+1. The van der Waals surface area contributed by atoms with Gasteiger partial charge in [-0.25, -0.2) is 4.57 Å². The topological polar surface area (TPSA) is 33.0 Å². The summed E-state index contributed by atoms with van der Waals surface area (Å²) in [5, 5.41) is 3.38. The minimum atomic E-state index is -0.0475. The predicted octanol–water partition coefficient (Wildman–Crippen LogP) is 4.64. The van der Waals surface area contributed by atoms with Gasteiger partial charge in [-0.05, 0) is 41.8 Å². The summed E-state index contributed by atoms with van der Waals surface area (Å²) in [5.74, 6) is 1.23. The van der Waals surface area contributed by atoms with Gasteiger partial charge < -0.3 is 0 Å². The largest absolute Gasteiger partial charge is 0.294 e. The number of ketones is 1. The minimum absolute atomic E-state index is 0.0475. The molecule has 1 aromatic heterocycles. The summed E-state index contributed by atoms with van der Waals surface area (Å²) in [6.07, 6.45) is 2.05. The van der Waals surface area contributed by atoms with E-state index in [1.165, 1.54) is 5.56 Å². The van der Waals surface area contributed by atoms with E-state index >= 15 is 0 Å². The van der Waals surface area contributed by atoms with Crippen LogP contribution in [-0.2, 0) is 6.54 Å². The second-order valence-corrected chi connectivity index (χ2v) is 7.68. The fourth-order valence-electron chi connectivity index (χ4n) is 3.36. The SMILES string of the molecule is Cc1cc[n+]2c(c1)NCC(C(=O)c1ccc(-c3ccc(Br)cc3)cc1)C2. The smallest absolute Gasteiger partial charge is 0.274 e. The van der Waals surface area contributed by atoms with E-state index in [1.54, 1.807) is 0 Å². The average Bonchev–Trinajstić information content (AvgIpc) is 2.68. The number of pyridine rings is 1. The van der Waals surface area contributed by atoms with E-state index in [0.717, 1.165) is 33.5 Å². The van der Waals surface area contributed by atoms with E-state index < -0.39 is 0 Å². The summed E-state index contributed by atoms with van der Waals surface area (Å²) in [7, 11) is 0. The quantitative estimate of drug-likeness (QED) is 0.506. The van der Waals surface area contributed by atoms with Crippen LogP contribution in [-0.4, -0.2) is 12.3 Å². The highest BCUT2D eigenvalue weighted by molar-refractivity contribution is 9.10. The van der Waals surface area contributed by atoms with Gasteiger partial charge >= 0.3 is 0 Å². The number of aryl methyl sites for hydroxylation is 1. The number of carbonyl (C=O) groups is 1. The van der Waals surface area contributed by atoms with E-state index in [2.05, 4.69) is 57.0 Å². The van der Waals surface area contributed by atoms with Crippen LogP contribution in [0.1, 0.15) is 15.9 Å². The zero-order valence-corrected chi connectivity index (χ0v) is 16.2. The van der Waals surface area contributed by atoms with Gasteiger partial charge in [-0.15, -0.1) is 0 Å². The van der Waals surface area contributed by atoms with Crippen molar-refractivity contribution in [2.75, 3.05) is 11.9 Å². The fourth-order valence-corrected chi connectivity index (χ4v) is 3.62. The van der Waals surface area contributed by atoms with Crippen molar-refractivity contribution in [2.45, 2.75) is 13.5 Å². The van der Waals surface area contributed by atoms with Crippen molar-refractivity contribution in [2.24, 2.45) is 5.92 Å². The maximum absolute atomic E-state index is 12.9. The van der Waals surface area contributed by atoms with Crippen molar-refractivity contribution in [1.82, 2.24) is 0 Å². The first-order chi connectivity index (χ1) is 12.6. The lowest BCUT2D eigenvalue weighted by Gasteiger charge is -2.20. The van der Waals surface area contributed by atoms with E-state index in [4.69, 9.17) is 0 Å². The normalized spacial score (nSPS) is 15.8. The van der Waals surface area contributed by atoms with Gasteiger partial charge in [0.05, 0.1) is 18.7 Å². The molecule has 0 spiro atoms. The number of hydrogen-bond donors (Lipinski definition) is 1. The van der Waals surface area contributed by atoms with Gasteiger partial charge in [0, 0.05) is 16.1 Å². The molecule has 4 rings (SSSR count). The van der Waals surface area contributed by atoms with E-state index in [-0.39, 0.29) is 11.7 Å². The molecule has 2 aromatic carbocycles. The lowest BCUT2D eigenvalue weighted by atomic mass is 9.94. The number of hydrogen-bond acceptors (Lipinski definition) is 2. The predicted molar refractivity (Wildman–Crippen MR) is 107 cm³/mol. The van der Waals surface area contributed by atoms with Crippen molar-refractivity contribution in [3.63, 3.8) is 0 Å². The molecule has 0 aliphatic carbocycles. The Kier molecular flexibility index (Phi) is 4.60. The Hall–Kier alpha value is -2.46. The first-order valence-corrected chi connectivity index (χ1v) is 9.53. The third-order valence-electron chi connectivity index (χ3n) is 4.86. The fraction of sp³-hybridized carbons (Fsp3) is 0.182. The highest BCUT2D eigenvalue weighted by Crippen LogP contribution is 2.23. The van der Waals surface area contributed by atoms with E-state index in [9.17, 15) is 4.79 Å². The van der Waals surface area contributed by atoms with Crippen LogP contribution in [0.3, 0.4) is 0 Å². The lowest BCUT2D eigenvalue weighted by molar-refractivity contribution is -0.690. The van der Waals surface area contributed by atoms with Gasteiger partial charge in [-0.1, -0.05) is 52.3 Å². The highest BCUT2D eigenvalue weighted by Gasteiger charge is 2.29. The van der Waals surface area contributed by atoms with Gasteiger partial charge in [-0.2, -0.15) is 0 Å². The van der Waals surface area contributed by atoms with Crippen LogP contribution in [0.4, 0.5) is 5.82 Å². The van der Waals surface area contributed by atoms with Crippen LogP contribution >= 0.6 is 15.9 Å². The second-order valence-electron chi connectivity index (χ2n) is 6.77. The van der Waals surface area contributed by atoms with Crippen LogP contribution in [0, 0.1) is 12.8 Å². The molecule has 1 aliphatic rings. The van der Waals surface area contributed by atoms with Crippen molar-refractivity contribution < 1.29 is 9.36 Å². The Bertz CT molecular complexity index is 949. The molecule has 3 aromatic rings. The molecule has 3 nitrogen and oxygen atoms in total. The molecule has 130 valence electrons. The number of nitrogens with one attached hydrogen (secondary N) is 1. The molecule has 0 saturated carbocycles.